The number of hydrogen-bond acceptors (Lipinski definition) is 4. The SMILES string of the molecule is CC(C)(C)OC(=O)N1CCC(c2ccc(C#N)cc2)C(O)C1. The number of β-amino-alcohol motifs (C(OH)–C–C–N with tert-alkyl or cyclic N) is 1. The van der Waals surface area contributed by atoms with Crippen LogP contribution in [0.4, 0.5) is 4.79 Å². The Morgan fingerprint density at radius 2 is 2.00 bits per heavy atom. The van der Waals surface area contributed by atoms with Crippen LogP contribution in [0.3, 0.4) is 0 Å². The van der Waals surface area contributed by atoms with Crippen molar-refractivity contribution >= 4 is 6.09 Å². The smallest absolute Gasteiger partial charge is 0.410 e. The highest BCUT2D eigenvalue weighted by molar-refractivity contribution is 5.68. The van der Waals surface area contributed by atoms with Gasteiger partial charge in [-0.3, -0.25) is 0 Å². The lowest BCUT2D eigenvalue weighted by Gasteiger charge is -2.36. The summed E-state index contributed by atoms with van der Waals surface area (Å²) in [6, 6.07) is 9.33. The number of aliphatic hydroxyl groups excluding tert-OH is 1. The molecule has 0 saturated carbocycles. The number of aliphatic hydroxyl groups is 1. The van der Waals surface area contributed by atoms with Crippen LogP contribution in [0.2, 0.25) is 0 Å². The van der Waals surface area contributed by atoms with Crippen molar-refractivity contribution < 1.29 is 14.6 Å². The maximum atomic E-state index is 12.0. The highest BCUT2D eigenvalue weighted by Gasteiger charge is 2.33. The normalized spacial score (nSPS) is 22.0. The first-order valence-electron chi connectivity index (χ1n) is 7.46. The van der Waals surface area contributed by atoms with E-state index in [9.17, 15) is 9.90 Å². The quantitative estimate of drug-likeness (QED) is 0.865. The van der Waals surface area contributed by atoms with Crippen LogP contribution in [0.15, 0.2) is 24.3 Å². The summed E-state index contributed by atoms with van der Waals surface area (Å²) in [5, 5.41) is 19.2. The second kappa shape index (κ2) is 6.37. The van der Waals surface area contributed by atoms with Gasteiger partial charge in [0.1, 0.15) is 5.60 Å². The number of benzene rings is 1. The van der Waals surface area contributed by atoms with Gasteiger partial charge in [0.25, 0.3) is 0 Å². The predicted octanol–water partition coefficient (Wildman–Crippen LogP) is 2.64. The van der Waals surface area contributed by atoms with Gasteiger partial charge in [0.2, 0.25) is 0 Å². The summed E-state index contributed by atoms with van der Waals surface area (Å²) < 4.78 is 5.34. The van der Waals surface area contributed by atoms with E-state index >= 15 is 0 Å². The number of carbonyl (C=O) groups is 1. The Hall–Kier alpha value is -2.06. The summed E-state index contributed by atoms with van der Waals surface area (Å²) in [6.45, 7) is 6.29. The Morgan fingerprint density at radius 1 is 1.36 bits per heavy atom. The molecule has 0 bridgehead atoms. The summed E-state index contributed by atoms with van der Waals surface area (Å²) in [5.41, 5.74) is 1.06. The molecule has 2 rings (SSSR count). The highest BCUT2D eigenvalue weighted by atomic mass is 16.6. The van der Waals surface area contributed by atoms with E-state index in [1.54, 1.807) is 17.0 Å². The summed E-state index contributed by atoms with van der Waals surface area (Å²) in [6.07, 6.45) is -0.342. The molecule has 1 amide bonds. The fourth-order valence-corrected chi connectivity index (χ4v) is 2.62. The fourth-order valence-electron chi connectivity index (χ4n) is 2.62. The van der Waals surface area contributed by atoms with Gasteiger partial charge in [0.15, 0.2) is 0 Å². The van der Waals surface area contributed by atoms with Gasteiger partial charge >= 0.3 is 6.09 Å². The van der Waals surface area contributed by atoms with Crippen LogP contribution in [0.1, 0.15) is 44.2 Å². The predicted molar refractivity (Wildman–Crippen MR) is 82.3 cm³/mol. The van der Waals surface area contributed by atoms with Crippen molar-refractivity contribution in [2.24, 2.45) is 0 Å². The Morgan fingerprint density at radius 3 is 2.50 bits per heavy atom. The third-order valence-electron chi connectivity index (χ3n) is 3.70. The second-order valence-electron chi connectivity index (χ2n) is 6.62. The van der Waals surface area contributed by atoms with Crippen molar-refractivity contribution in [1.82, 2.24) is 4.90 Å². The van der Waals surface area contributed by atoms with E-state index in [1.807, 2.05) is 32.9 Å². The zero-order valence-corrected chi connectivity index (χ0v) is 13.2. The molecule has 5 heteroatoms. The van der Waals surface area contributed by atoms with Crippen LogP contribution >= 0.6 is 0 Å². The molecule has 5 nitrogen and oxygen atoms in total. The minimum atomic E-state index is -0.630. The lowest BCUT2D eigenvalue weighted by atomic mass is 9.87. The molecule has 1 saturated heterocycles. The van der Waals surface area contributed by atoms with Crippen LogP contribution in [0.5, 0.6) is 0 Å². The number of ether oxygens (including phenoxy) is 1. The van der Waals surface area contributed by atoms with Crippen molar-refractivity contribution in [3.8, 4) is 6.07 Å². The van der Waals surface area contributed by atoms with Crippen LogP contribution in [0, 0.1) is 11.3 Å². The number of hydrogen-bond donors (Lipinski definition) is 1. The Labute approximate surface area is 131 Å². The highest BCUT2D eigenvalue weighted by Crippen LogP contribution is 2.29. The average Bonchev–Trinajstić information content (AvgIpc) is 2.45. The number of nitriles is 1. The first-order chi connectivity index (χ1) is 10.3. The van der Waals surface area contributed by atoms with E-state index in [2.05, 4.69) is 6.07 Å². The molecule has 0 aliphatic carbocycles. The van der Waals surface area contributed by atoms with Gasteiger partial charge in [0.05, 0.1) is 24.3 Å². The van der Waals surface area contributed by atoms with Crippen molar-refractivity contribution in [2.45, 2.75) is 44.8 Å². The number of rotatable bonds is 1. The Balaban J connectivity index is 2.00. The van der Waals surface area contributed by atoms with Gasteiger partial charge in [-0.2, -0.15) is 5.26 Å². The third kappa shape index (κ3) is 3.99. The molecule has 1 aromatic rings. The molecule has 0 aromatic heterocycles. The van der Waals surface area contributed by atoms with Gasteiger partial charge < -0.3 is 14.7 Å². The van der Waals surface area contributed by atoms with Gasteiger partial charge in [-0.05, 0) is 44.9 Å². The van der Waals surface area contributed by atoms with Gasteiger partial charge in [-0.25, -0.2) is 4.79 Å². The molecule has 2 atom stereocenters. The number of likely N-dealkylation sites (tertiary alicyclic amines) is 1. The zero-order valence-electron chi connectivity index (χ0n) is 13.2. The van der Waals surface area contributed by atoms with Crippen molar-refractivity contribution in [1.29, 1.82) is 5.26 Å². The molecule has 1 aliphatic heterocycles. The first-order valence-corrected chi connectivity index (χ1v) is 7.46. The summed E-state index contributed by atoms with van der Waals surface area (Å²) in [4.78, 5) is 13.6. The average molecular weight is 302 g/mol. The summed E-state index contributed by atoms with van der Waals surface area (Å²) in [5.74, 6) is -0.0218. The lowest BCUT2D eigenvalue weighted by molar-refractivity contribution is -0.00151. The van der Waals surface area contributed by atoms with E-state index in [0.717, 1.165) is 5.56 Å². The van der Waals surface area contributed by atoms with Gasteiger partial charge in [0, 0.05) is 12.5 Å². The maximum Gasteiger partial charge on any atom is 0.410 e. The second-order valence-corrected chi connectivity index (χ2v) is 6.62. The van der Waals surface area contributed by atoms with Crippen molar-refractivity contribution in [2.75, 3.05) is 13.1 Å². The maximum absolute atomic E-state index is 12.0. The minimum absolute atomic E-state index is 0.0218. The molecule has 1 aromatic carbocycles. The number of amides is 1. The Bertz CT molecular complexity index is 569. The number of nitrogens with zero attached hydrogens (tertiary/aromatic N) is 2. The van der Waals surface area contributed by atoms with Gasteiger partial charge in [-0.1, -0.05) is 12.1 Å². The van der Waals surface area contributed by atoms with Crippen LogP contribution in [-0.2, 0) is 4.74 Å². The minimum Gasteiger partial charge on any atom is -0.444 e. The Kier molecular flexibility index (Phi) is 4.72. The zero-order chi connectivity index (χ0) is 16.3. The third-order valence-corrected chi connectivity index (χ3v) is 3.70. The lowest BCUT2D eigenvalue weighted by Crippen LogP contribution is -2.47. The largest absolute Gasteiger partial charge is 0.444 e. The van der Waals surface area contributed by atoms with E-state index in [4.69, 9.17) is 10.00 Å². The van der Waals surface area contributed by atoms with E-state index in [0.29, 0.717) is 18.5 Å². The molecule has 118 valence electrons. The molecule has 0 spiro atoms. The molecule has 0 radical (unpaired) electrons. The van der Waals surface area contributed by atoms with Crippen LogP contribution < -0.4 is 0 Å². The van der Waals surface area contributed by atoms with E-state index in [-0.39, 0.29) is 18.6 Å². The van der Waals surface area contributed by atoms with Gasteiger partial charge in [-0.15, -0.1) is 0 Å². The number of piperidine rings is 1. The molecule has 2 unspecified atom stereocenters. The van der Waals surface area contributed by atoms with Crippen LogP contribution in [0.25, 0.3) is 0 Å². The molecular formula is C17H22N2O3. The number of carbonyl (C=O) groups excluding carboxylic acids is 1. The molecule has 1 aliphatic rings. The molecule has 1 fully saturated rings. The van der Waals surface area contributed by atoms with Crippen LogP contribution in [-0.4, -0.2) is 40.9 Å². The van der Waals surface area contributed by atoms with Crippen molar-refractivity contribution in [3.63, 3.8) is 0 Å². The molecule has 1 heterocycles. The van der Waals surface area contributed by atoms with E-state index in [1.165, 1.54) is 0 Å². The topological polar surface area (TPSA) is 73.6 Å². The molecule has 1 N–H and O–H groups in total. The molecule has 22 heavy (non-hydrogen) atoms. The van der Waals surface area contributed by atoms with Crippen molar-refractivity contribution in [3.05, 3.63) is 35.4 Å². The summed E-state index contributed by atoms with van der Waals surface area (Å²) in [7, 11) is 0. The fraction of sp³-hybridized carbons (Fsp3) is 0.529. The molecular weight excluding hydrogens is 280 g/mol. The standard InChI is InChI=1S/C17H22N2O3/c1-17(2,3)22-16(21)19-9-8-14(15(20)11-19)13-6-4-12(10-18)5-7-13/h4-7,14-15,20H,8-9,11H2,1-3H3. The van der Waals surface area contributed by atoms with E-state index < -0.39 is 11.7 Å². The first kappa shape index (κ1) is 16.3. The summed E-state index contributed by atoms with van der Waals surface area (Å²) >= 11 is 0. The monoisotopic (exact) mass is 302 g/mol.